The zero-order chi connectivity index (χ0) is 23.1. The van der Waals surface area contributed by atoms with Crippen LogP contribution in [-0.2, 0) is 26.2 Å². The van der Waals surface area contributed by atoms with Crippen LogP contribution in [0.5, 0.6) is 0 Å². The fourth-order valence-electron chi connectivity index (χ4n) is 3.42. The lowest BCUT2D eigenvalue weighted by Gasteiger charge is -2.19. The van der Waals surface area contributed by atoms with Crippen molar-refractivity contribution in [2.75, 3.05) is 23.5 Å². The third kappa shape index (κ3) is 6.08. The molecule has 0 spiro atoms. The number of nitrogens with zero attached hydrogens (tertiary/aromatic N) is 1. The van der Waals surface area contributed by atoms with Gasteiger partial charge in [-0.3, -0.25) is 9.59 Å². The number of rotatable bonds is 10. The van der Waals surface area contributed by atoms with E-state index in [0.717, 1.165) is 29.8 Å². The van der Waals surface area contributed by atoms with Gasteiger partial charge >= 0.3 is 0 Å². The van der Waals surface area contributed by atoms with E-state index >= 15 is 0 Å². The van der Waals surface area contributed by atoms with Gasteiger partial charge < -0.3 is 10.2 Å². The molecule has 7 nitrogen and oxygen atoms in total. The second kappa shape index (κ2) is 10.9. The van der Waals surface area contributed by atoms with E-state index in [1.807, 2.05) is 30.5 Å². The molecule has 0 radical (unpaired) electrons. The Morgan fingerprint density at radius 1 is 1.19 bits per heavy atom. The van der Waals surface area contributed by atoms with Gasteiger partial charge in [-0.1, -0.05) is 24.3 Å². The number of amides is 2. The second-order valence-corrected chi connectivity index (χ2v) is 10.1. The van der Waals surface area contributed by atoms with Gasteiger partial charge in [-0.2, -0.15) is 16.5 Å². The molecule has 1 aliphatic heterocycles. The highest BCUT2D eigenvalue weighted by atomic mass is 32.2. The van der Waals surface area contributed by atoms with E-state index in [1.165, 1.54) is 23.9 Å². The number of benzene rings is 2. The van der Waals surface area contributed by atoms with E-state index in [0.29, 0.717) is 18.7 Å². The topological polar surface area (TPSA) is 95.6 Å². The predicted octanol–water partition coefficient (Wildman–Crippen LogP) is 2.67. The number of halogens is 1. The number of hydrogen-bond acceptors (Lipinski definition) is 5. The first-order valence-electron chi connectivity index (χ1n) is 10.2. The molecule has 0 bridgehead atoms. The molecule has 1 atom stereocenters. The van der Waals surface area contributed by atoms with Crippen LogP contribution < -0.4 is 14.9 Å². The molecule has 2 aromatic rings. The van der Waals surface area contributed by atoms with Crippen molar-refractivity contribution < 1.29 is 22.4 Å². The molecular formula is C22H26FN3O4S2. The molecule has 2 aromatic carbocycles. The van der Waals surface area contributed by atoms with Gasteiger partial charge in [0.25, 0.3) is 0 Å². The Hall–Kier alpha value is -2.43. The second-order valence-electron chi connectivity index (χ2n) is 7.42. The number of carbonyl (C=O) groups is 2. The van der Waals surface area contributed by atoms with E-state index < -0.39 is 32.7 Å². The highest BCUT2D eigenvalue weighted by molar-refractivity contribution is 7.98. The minimum Gasteiger partial charge on any atom is -0.351 e. The van der Waals surface area contributed by atoms with Gasteiger partial charge in [0.2, 0.25) is 21.8 Å². The SMILES string of the molecule is CSCC[C@@H](NS(=O)(=O)c1ccccc1F)C(=O)NCc1ccc(N2CCCC2=O)cc1. The molecule has 1 fully saturated rings. The van der Waals surface area contributed by atoms with Gasteiger partial charge in [-0.05, 0) is 54.7 Å². The molecule has 0 unspecified atom stereocenters. The summed E-state index contributed by atoms with van der Waals surface area (Å²) >= 11 is 1.48. The molecule has 1 heterocycles. The first kappa shape index (κ1) is 24.2. The van der Waals surface area contributed by atoms with Crippen molar-refractivity contribution in [1.29, 1.82) is 0 Å². The normalized spacial score (nSPS) is 15.1. The van der Waals surface area contributed by atoms with Gasteiger partial charge in [-0.25, -0.2) is 12.8 Å². The number of sulfonamides is 1. The Labute approximate surface area is 191 Å². The first-order chi connectivity index (χ1) is 15.3. The Morgan fingerprint density at radius 3 is 2.53 bits per heavy atom. The van der Waals surface area contributed by atoms with Gasteiger partial charge in [-0.15, -0.1) is 0 Å². The Bertz CT molecular complexity index is 1060. The van der Waals surface area contributed by atoms with Crippen LogP contribution in [0, 0.1) is 5.82 Å². The summed E-state index contributed by atoms with van der Waals surface area (Å²) in [6.07, 6.45) is 3.51. The Kier molecular flexibility index (Phi) is 8.27. The number of hydrogen-bond donors (Lipinski definition) is 2. The van der Waals surface area contributed by atoms with Gasteiger partial charge in [0.1, 0.15) is 16.8 Å². The van der Waals surface area contributed by atoms with Crippen molar-refractivity contribution in [3.63, 3.8) is 0 Å². The Balaban J connectivity index is 1.64. The van der Waals surface area contributed by atoms with E-state index in [1.54, 1.807) is 4.90 Å². The van der Waals surface area contributed by atoms with Crippen molar-refractivity contribution in [1.82, 2.24) is 10.0 Å². The molecule has 3 rings (SSSR count). The predicted molar refractivity (Wildman–Crippen MR) is 123 cm³/mol. The zero-order valence-corrected chi connectivity index (χ0v) is 19.3. The maximum Gasteiger partial charge on any atom is 0.244 e. The summed E-state index contributed by atoms with van der Waals surface area (Å²) in [4.78, 5) is 25.8. The highest BCUT2D eigenvalue weighted by Crippen LogP contribution is 2.21. The van der Waals surface area contributed by atoms with Crippen molar-refractivity contribution in [2.45, 2.75) is 36.7 Å². The quantitative estimate of drug-likeness (QED) is 0.546. The molecule has 1 saturated heterocycles. The largest absolute Gasteiger partial charge is 0.351 e. The summed E-state index contributed by atoms with van der Waals surface area (Å²) in [5.74, 6) is -0.709. The molecule has 172 valence electrons. The summed E-state index contributed by atoms with van der Waals surface area (Å²) in [5, 5.41) is 2.74. The molecule has 0 aromatic heterocycles. The number of carbonyl (C=O) groups excluding carboxylic acids is 2. The highest BCUT2D eigenvalue weighted by Gasteiger charge is 2.27. The first-order valence-corrected chi connectivity index (χ1v) is 13.1. The van der Waals surface area contributed by atoms with Crippen molar-refractivity contribution in [3.05, 3.63) is 59.9 Å². The van der Waals surface area contributed by atoms with E-state index in [4.69, 9.17) is 0 Å². The average molecular weight is 480 g/mol. The van der Waals surface area contributed by atoms with E-state index in [-0.39, 0.29) is 18.9 Å². The fraction of sp³-hybridized carbons (Fsp3) is 0.364. The number of thioether (sulfide) groups is 1. The van der Waals surface area contributed by atoms with Crippen LogP contribution in [0.25, 0.3) is 0 Å². The maximum atomic E-state index is 14.0. The maximum absolute atomic E-state index is 14.0. The van der Waals surface area contributed by atoms with Crippen LogP contribution in [0.3, 0.4) is 0 Å². The van der Waals surface area contributed by atoms with E-state index in [9.17, 15) is 22.4 Å². The van der Waals surface area contributed by atoms with E-state index in [2.05, 4.69) is 10.0 Å². The zero-order valence-electron chi connectivity index (χ0n) is 17.7. The lowest BCUT2D eigenvalue weighted by atomic mass is 10.1. The van der Waals surface area contributed by atoms with Crippen molar-refractivity contribution >= 4 is 39.3 Å². The van der Waals surface area contributed by atoms with Gasteiger partial charge in [0, 0.05) is 25.2 Å². The monoisotopic (exact) mass is 479 g/mol. The van der Waals surface area contributed by atoms with Crippen molar-refractivity contribution in [3.8, 4) is 0 Å². The smallest absolute Gasteiger partial charge is 0.244 e. The van der Waals surface area contributed by atoms with Crippen LogP contribution in [0.2, 0.25) is 0 Å². The Morgan fingerprint density at radius 2 is 1.91 bits per heavy atom. The third-order valence-corrected chi connectivity index (χ3v) is 7.29. The molecule has 2 amide bonds. The average Bonchev–Trinajstić information content (AvgIpc) is 3.21. The number of anilines is 1. The van der Waals surface area contributed by atoms with Crippen LogP contribution in [0.4, 0.5) is 10.1 Å². The molecule has 2 N–H and O–H groups in total. The lowest BCUT2D eigenvalue weighted by Crippen LogP contribution is -2.46. The van der Waals surface area contributed by atoms with Crippen LogP contribution in [-0.4, -0.2) is 44.8 Å². The number of nitrogens with one attached hydrogen (secondary N) is 2. The molecular weight excluding hydrogens is 453 g/mol. The van der Waals surface area contributed by atoms with Gasteiger partial charge in [0.05, 0.1) is 0 Å². The van der Waals surface area contributed by atoms with Crippen LogP contribution in [0.1, 0.15) is 24.8 Å². The van der Waals surface area contributed by atoms with Gasteiger partial charge in [0.15, 0.2) is 0 Å². The summed E-state index contributed by atoms with van der Waals surface area (Å²) in [5.41, 5.74) is 1.63. The summed E-state index contributed by atoms with van der Waals surface area (Å²) in [6, 6.07) is 11.3. The van der Waals surface area contributed by atoms with Crippen molar-refractivity contribution in [2.24, 2.45) is 0 Å². The molecule has 10 heteroatoms. The molecule has 0 saturated carbocycles. The standard InChI is InChI=1S/C22H26FN3O4S2/c1-31-14-12-19(25-32(29,30)20-6-3-2-5-18(20)23)22(28)24-15-16-8-10-17(11-9-16)26-13-4-7-21(26)27/h2-3,5-6,8-11,19,25H,4,7,12-15H2,1H3,(H,24,28)/t19-/m1/s1. The van der Waals surface area contributed by atoms with Crippen LogP contribution >= 0.6 is 11.8 Å². The summed E-state index contributed by atoms with van der Waals surface area (Å²) < 4.78 is 41.6. The minimum absolute atomic E-state index is 0.102. The lowest BCUT2D eigenvalue weighted by molar-refractivity contribution is -0.123. The molecule has 1 aliphatic rings. The molecule has 32 heavy (non-hydrogen) atoms. The molecule has 0 aliphatic carbocycles. The van der Waals surface area contributed by atoms with Crippen LogP contribution in [0.15, 0.2) is 53.4 Å². The summed E-state index contributed by atoms with van der Waals surface area (Å²) in [7, 11) is -4.20. The third-order valence-electron chi connectivity index (χ3n) is 5.14. The summed E-state index contributed by atoms with van der Waals surface area (Å²) in [6.45, 7) is 0.901. The fourth-order valence-corrected chi connectivity index (χ4v) is 5.20. The minimum atomic E-state index is -4.20.